The summed E-state index contributed by atoms with van der Waals surface area (Å²) in [6.45, 7) is 12.6. The van der Waals surface area contributed by atoms with Gasteiger partial charge in [0.25, 0.3) is 0 Å². The fourth-order valence-electron chi connectivity index (χ4n) is 2.41. The van der Waals surface area contributed by atoms with Gasteiger partial charge in [0, 0.05) is 5.02 Å². The molecule has 0 unspecified atom stereocenters. The van der Waals surface area contributed by atoms with Crippen LogP contribution >= 0.6 is 11.6 Å². The van der Waals surface area contributed by atoms with E-state index in [0.717, 1.165) is 0 Å². The lowest BCUT2D eigenvalue weighted by Crippen LogP contribution is -2.65. The van der Waals surface area contributed by atoms with E-state index in [1.54, 1.807) is 24.3 Å². The highest BCUT2D eigenvalue weighted by molar-refractivity contribution is 6.74. The summed E-state index contributed by atoms with van der Waals surface area (Å²) in [5.41, 5.74) is 0.391. The van der Waals surface area contributed by atoms with Crippen molar-refractivity contribution >= 4 is 31.8 Å². The van der Waals surface area contributed by atoms with Crippen LogP contribution in [0.1, 0.15) is 38.1 Å². The molecule has 0 aromatic heterocycles. The molecule has 1 heterocycles. The lowest BCUT2D eigenvalue weighted by molar-refractivity contribution is -0.154. The van der Waals surface area contributed by atoms with Crippen LogP contribution in [0.3, 0.4) is 0 Å². The molecule has 3 atom stereocenters. The molecule has 0 spiro atoms. The van der Waals surface area contributed by atoms with Gasteiger partial charge in [-0.15, -0.1) is 0 Å². The Kier molecular flexibility index (Phi) is 5.66. The molecule has 5 nitrogen and oxygen atoms in total. The topological polar surface area (TPSA) is 64.6 Å². The monoisotopic (exact) mass is 383 g/mol. The third-order valence-electron chi connectivity index (χ3n) is 5.02. The minimum Gasteiger partial charge on any atom is -0.437 e. The number of hydrogen-bond acceptors (Lipinski definition) is 4. The maximum Gasteiger partial charge on any atom is 0.340 e. The molecule has 1 amide bonds. The van der Waals surface area contributed by atoms with Gasteiger partial charge < -0.3 is 14.5 Å². The van der Waals surface area contributed by atoms with E-state index in [0.29, 0.717) is 10.6 Å². The molecule has 1 aromatic carbocycles. The summed E-state index contributed by atoms with van der Waals surface area (Å²) < 4.78 is 11.7. The van der Waals surface area contributed by atoms with Crippen molar-refractivity contribution in [2.75, 3.05) is 0 Å². The second kappa shape index (κ2) is 7.09. The fraction of sp³-hybridized carbons (Fsp3) is 0.556. The number of carbonyl (C=O) groups is 2. The zero-order valence-electron chi connectivity index (χ0n) is 15.6. The van der Waals surface area contributed by atoms with Gasteiger partial charge in [0.1, 0.15) is 5.92 Å². The normalized spacial score (nSPS) is 22.0. The van der Waals surface area contributed by atoms with Crippen LogP contribution in [0.25, 0.3) is 0 Å². The SMILES string of the molecule is C[C@@H](O[Si](C)(C)C(C)(C)C)[C@@H]1C(=O)N[C@@H]1OC(=O)c1ccc(Cl)cc1. The van der Waals surface area contributed by atoms with Crippen molar-refractivity contribution in [3.05, 3.63) is 34.9 Å². The van der Waals surface area contributed by atoms with E-state index in [1.165, 1.54) is 0 Å². The van der Waals surface area contributed by atoms with Crippen molar-refractivity contribution in [1.82, 2.24) is 5.32 Å². The van der Waals surface area contributed by atoms with Crippen LogP contribution in [0, 0.1) is 5.92 Å². The molecule has 0 aliphatic carbocycles. The number of hydrogen-bond donors (Lipinski definition) is 1. The second-order valence-electron chi connectivity index (χ2n) is 7.95. The summed E-state index contributed by atoms with van der Waals surface area (Å²) in [5, 5.41) is 3.22. The molecule has 0 bridgehead atoms. The van der Waals surface area contributed by atoms with E-state index in [-0.39, 0.29) is 17.0 Å². The van der Waals surface area contributed by atoms with Gasteiger partial charge in [-0.25, -0.2) is 4.79 Å². The van der Waals surface area contributed by atoms with Crippen molar-refractivity contribution in [2.45, 2.75) is 58.2 Å². The van der Waals surface area contributed by atoms with Gasteiger partial charge in [0.15, 0.2) is 14.5 Å². The van der Waals surface area contributed by atoms with Crippen molar-refractivity contribution in [3.63, 3.8) is 0 Å². The molecule has 1 aliphatic heterocycles. The number of carbonyl (C=O) groups excluding carboxylic acids is 2. The Hall–Kier alpha value is -1.37. The Balaban J connectivity index is 2.02. The Morgan fingerprint density at radius 1 is 1.24 bits per heavy atom. The number of amides is 1. The highest BCUT2D eigenvalue weighted by Gasteiger charge is 2.49. The fourth-order valence-corrected chi connectivity index (χ4v) is 3.97. The number of rotatable bonds is 5. The van der Waals surface area contributed by atoms with E-state index in [1.807, 2.05) is 6.92 Å². The third kappa shape index (κ3) is 4.43. The summed E-state index contributed by atoms with van der Waals surface area (Å²) in [5.74, 6) is -1.14. The minimum absolute atomic E-state index is 0.0387. The molecule has 0 saturated carbocycles. The van der Waals surface area contributed by atoms with Crippen LogP contribution in [0.4, 0.5) is 0 Å². The predicted octanol–water partition coefficient (Wildman–Crippen LogP) is 3.98. The van der Waals surface area contributed by atoms with Crippen molar-refractivity contribution in [2.24, 2.45) is 5.92 Å². The van der Waals surface area contributed by atoms with Crippen LogP contribution in [-0.2, 0) is 14.0 Å². The molecule has 1 fully saturated rings. The standard InChI is InChI=1S/C18H26ClNO4Si/c1-11(24-25(5,6)18(2,3)4)14-15(21)20-16(14)23-17(22)12-7-9-13(19)10-8-12/h7-11,14,16H,1-6H3,(H,20,21)/t11-,14-,16-/m1/s1. The van der Waals surface area contributed by atoms with Gasteiger partial charge in [0.05, 0.1) is 11.7 Å². The molecule has 1 saturated heterocycles. The zero-order valence-corrected chi connectivity index (χ0v) is 17.3. The second-order valence-corrected chi connectivity index (χ2v) is 13.1. The number of β-lactam (4-membered cyclic amide) rings is 1. The van der Waals surface area contributed by atoms with Crippen LogP contribution in [-0.4, -0.2) is 32.5 Å². The average molecular weight is 384 g/mol. The smallest absolute Gasteiger partial charge is 0.340 e. The van der Waals surface area contributed by atoms with E-state index in [2.05, 4.69) is 39.2 Å². The summed E-state index contributed by atoms with van der Waals surface area (Å²) >= 11 is 5.82. The van der Waals surface area contributed by atoms with Gasteiger partial charge in [-0.1, -0.05) is 32.4 Å². The first-order chi connectivity index (χ1) is 11.4. The molecule has 1 aromatic rings. The summed E-state index contributed by atoms with van der Waals surface area (Å²) in [6, 6.07) is 6.43. The lowest BCUT2D eigenvalue weighted by Gasteiger charge is -2.44. The number of esters is 1. The average Bonchev–Trinajstić information content (AvgIpc) is 2.45. The molecule has 1 aliphatic rings. The van der Waals surface area contributed by atoms with Gasteiger partial charge in [0.2, 0.25) is 5.91 Å². The Labute approximate surface area is 155 Å². The maximum atomic E-state index is 12.2. The largest absolute Gasteiger partial charge is 0.437 e. The highest BCUT2D eigenvalue weighted by Crippen LogP contribution is 2.39. The van der Waals surface area contributed by atoms with Crippen molar-refractivity contribution < 1.29 is 18.8 Å². The van der Waals surface area contributed by atoms with Gasteiger partial charge in [-0.3, -0.25) is 4.79 Å². The van der Waals surface area contributed by atoms with Gasteiger partial charge >= 0.3 is 5.97 Å². The molecule has 7 heteroatoms. The molecule has 2 rings (SSSR count). The molecular formula is C18H26ClNO4Si. The molecule has 1 N–H and O–H groups in total. The van der Waals surface area contributed by atoms with Crippen LogP contribution in [0.15, 0.2) is 24.3 Å². The summed E-state index contributed by atoms with van der Waals surface area (Å²) in [6.07, 6.45) is -0.992. The first-order valence-electron chi connectivity index (χ1n) is 8.37. The first-order valence-corrected chi connectivity index (χ1v) is 11.7. The van der Waals surface area contributed by atoms with Gasteiger partial charge in [-0.2, -0.15) is 0 Å². The zero-order chi connectivity index (χ0) is 19.0. The van der Waals surface area contributed by atoms with E-state index in [9.17, 15) is 9.59 Å². The van der Waals surface area contributed by atoms with E-state index < -0.39 is 26.4 Å². The van der Waals surface area contributed by atoms with E-state index in [4.69, 9.17) is 20.8 Å². The Morgan fingerprint density at radius 3 is 2.28 bits per heavy atom. The number of nitrogens with one attached hydrogen (secondary N) is 1. The Bertz CT molecular complexity index is 654. The molecule has 0 radical (unpaired) electrons. The molecular weight excluding hydrogens is 358 g/mol. The highest BCUT2D eigenvalue weighted by atomic mass is 35.5. The van der Waals surface area contributed by atoms with E-state index >= 15 is 0 Å². The summed E-state index contributed by atoms with van der Waals surface area (Å²) in [4.78, 5) is 24.2. The molecule has 25 heavy (non-hydrogen) atoms. The van der Waals surface area contributed by atoms with Gasteiger partial charge in [-0.05, 0) is 49.3 Å². The lowest BCUT2D eigenvalue weighted by atomic mass is 9.93. The number of ether oxygens (including phenoxy) is 1. The van der Waals surface area contributed by atoms with Crippen LogP contribution in [0.5, 0.6) is 0 Å². The predicted molar refractivity (Wildman–Crippen MR) is 100 cm³/mol. The number of benzene rings is 1. The molecule has 138 valence electrons. The van der Waals surface area contributed by atoms with Crippen molar-refractivity contribution in [1.29, 1.82) is 0 Å². The first kappa shape index (κ1) is 19.9. The quantitative estimate of drug-likeness (QED) is 0.474. The third-order valence-corrected chi connectivity index (χ3v) is 9.85. The maximum absolute atomic E-state index is 12.2. The number of halogens is 1. The van der Waals surface area contributed by atoms with Crippen LogP contribution in [0.2, 0.25) is 23.2 Å². The minimum atomic E-state index is -2.02. The Morgan fingerprint density at radius 2 is 1.80 bits per heavy atom. The van der Waals surface area contributed by atoms with Crippen LogP contribution < -0.4 is 5.32 Å². The van der Waals surface area contributed by atoms with Crippen molar-refractivity contribution in [3.8, 4) is 0 Å². The summed E-state index contributed by atoms with van der Waals surface area (Å²) in [7, 11) is -2.02.